The molecule has 0 amide bonds. The molecule has 0 unspecified atom stereocenters. The largest absolute Gasteiger partial charge is 0.273 e. The Labute approximate surface area is 125 Å². The monoisotopic (exact) mass is 281 g/mol. The summed E-state index contributed by atoms with van der Waals surface area (Å²) in [5, 5.41) is 1.77. The predicted octanol–water partition coefficient (Wildman–Crippen LogP) is 3.99. The van der Waals surface area contributed by atoms with E-state index in [4.69, 9.17) is 9.68 Å². The number of hydrogen-bond acceptors (Lipinski definition) is 3. The highest BCUT2D eigenvalue weighted by atomic mass is 17.0. The summed E-state index contributed by atoms with van der Waals surface area (Å²) < 4.78 is 0. The van der Waals surface area contributed by atoms with Crippen LogP contribution in [0.4, 0.5) is 0 Å². The average Bonchev–Trinajstić information content (AvgIpc) is 2.97. The second-order valence-electron chi connectivity index (χ2n) is 5.80. The van der Waals surface area contributed by atoms with Gasteiger partial charge in [-0.25, -0.2) is 0 Å². The molecule has 3 nitrogen and oxygen atoms in total. The van der Waals surface area contributed by atoms with E-state index < -0.39 is 0 Å². The fraction of sp³-hybridized carbons (Fsp3) is 0.333. The van der Waals surface area contributed by atoms with Crippen molar-refractivity contribution in [3.05, 3.63) is 71.8 Å². The minimum absolute atomic E-state index is 0.0597. The van der Waals surface area contributed by atoms with Gasteiger partial charge in [-0.2, -0.15) is 0 Å². The van der Waals surface area contributed by atoms with Gasteiger partial charge in [-0.3, -0.25) is 9.68 Å². The molecule has 2 heterocycles. The fourth-order valence-corrected chi connectivity index (χ4v) is 3.46. The molecule has 0 spiro atoms. The molecule has 0 saturated carbocycles. The van der Waals surface area contributed by atoms with Crippen LogP contribution in [-0.4, -0.2) is 11.8 Å². The van der Waals surface area contributed by atoms with Gasteiger partial charge in [-0.05, 0) is 24.0 Å². The highest BCUT2D eigenvalue weighted by molar-refractivity contribution is 5.28. The van der Waals surface area contributed by atoms with Crippen molar-refractivity contribution in [2.45, 2.75) is 30.9 Å². The lowest BCUT2D eigenvalue weighted by Gasteiger charge is -2.39. The Morgan fingerprint density at radius 3 is 2.43 bits per heavy atom. The molecular formula is C18H19NO2. The molecule has 3 heteroatoms. The van der Waals surface area contributed by atoms with Crippen molar-refractivity contribution in [1.29, 1.82) is 0 Å². The zero-order valence-electron chi connectivity index (χ0n) is 11.9. The molecule has 4 rings (SSSR count). The molecule has 108 valence electrons. The highest BCUT2D eigenvalue weighted by Crippen LogP contribution is 2.50. The van der Waals surface area contributed by atoms with Crippen LogP contribution in [0, 0.1) is 0 Å². The molecule has 2 atom stereocenters. The molecule has 2 aliphatic heterocycles. The van der Waals surface area contributed by atoms with Gasteiger partial charge in [0.1, 0.15) is 11.6 Å². The third-order valence-electron chi connectivity index (χ3n) is 4.52. The highest BCUT2D eigenvalue weighted by Gasteiger charge is 2.51. The first-order chi connectivity index (χ1) is 10.4. The van der Waals surface area contributed by atoms with Gasteiger partial charge in [-0.1, -0.05) is 65.9 Å². The number of rotatable bonds is 2. The number of nitrogens with zero attached hydrogens (tertiary/aromatic N) is 1. The lowest BCUT2D eigenvalue weighted by Crippen LogP contribution is -2.44. The minimum Gasteiger partial charge on any atom is -0.273 e. The third-order valence-corrected chi connectivity index (χ3v) is 4.52. The Kier molecular flexibility index (Phi) is 3.26. The summed E-state index contributed by atoms with van der Waals surface area (Å²) in [6.45, 7) is 0.732. The average molecular weight is 281 g/mol. The molecule has 21 heavy (non-hydrogen) atoms. The van der Waals surface area contributed by atoms with Crippen molar-refractivity contribution in [1.82, 2.24) is 5.23 Å². The summed E-state index contributed by atoms with van der Waals surface area (Å²) in [4.78, 5) is 11.9. The van der Waals surface area contributed by atoms with E-state index in [0.717, 1.165) is 25.9 Å². The normalized spacial score (nSPS) is 29.2. The fourth-order valence-electron chi connectivity index (χ4n) is 3.46. The number of hydroxylamine groups is 2. The van der Waals surface area contributed by atoms with Crippen LogP contribution in [0.15, 0.2) is 60.7 Å². The maximum Gasteiger partial charge on any atom is 0.109 e. The summed E-state index contributed by atoms with van der Waals surface area (Å²) in [6, 6.07) is 21.0. The van der Waals surface area contributed by atoms with Gasteiger partial charge in [0.25, 0.3) is 0 Å². The summed E-state index contributed by atoms with van der Waals surface area (Å²) in [5.41, 5.74) is 2.34. The molecule has 0 aromatic heterocycles. The van der Waals surface area contributed by atoms with Crippen LogP contribution in [-0.2, 0) is 15.2 Å². The Balaban J connectivity index is 1.71. The smallest absolute Gasteiger partial charge is 0.109 e. The molecule has 0 radical (unpaired) electrons. The van der Waals surface area contributed by atoms with Gasteiger partial charge in [0, 0.05) is 6.42 Å². The quantitative estimate of drug-likeness (QED) is 0.831. The molecule has 0 N–H and O–H groups in total. The molecule has 0 aliphatic carbocycles. The number of fused-ring (bicyclic) bond motifs is 1. The Hall–Kier alpha value is -1.68. The zero-order chi connectivity index (χ0) is 14.1. The van der Waals surface area contributed by atoms with E-state index in [9.17, 15) is 0 Å². The van der Waals surface area contributed by atoms with Crippen LogP contribution < -0.4 is 0 Å². The molecule has 2 aliphatic rings. The van der Waals surface area contributed by atoms with Crippen LogP contribution in [0.5, 0.6) is 0 Å². The third kappa shape index (κ3) is 2.18. The van der Waals surface area contributed by atoms with E-state index in [0.29, 0.717) is 0 Å². The summed E-state index contributed by atoms with van der Waals surface area (Å²) in [6.07, 6.45) is 3.13. The van der Waals surface area contributed by atoms with E-state index >= 15 is 0 Å². The summed E-state index contributed by atoms with van der Waals surface area (Å²) in [7, 11) is 0. The van der Waals surface area contributed by atoms with Gasteiger partial charge in [0.05, 0.1) is 6.61 Å². The molecular weight excluding hydrogens is 262 g/mol. The summed E-state index contributed by atoms with van der Waals surface area (Å²) in [5.74, 6) is 0. The molecule has 2 saturated heterocycles. The van der Waals surface area contributed by atoms with Crippen LogP contribution >= 0.6 is 0 Å². The van der Waals surface area contributed by atoms with E-state index in [-0.39, 0.29) is 11.6 Å². The van der Waals surface area contributed by atoms with Crippen LogP contribution in [0.2, 0.25) is 0 Å². The van der Waals surface area contributed by atoms with Crippen molar-refractivity contribution < 1.29 is 9.68 Å². The van der Waals surface area contributed by atoms with E-state index in [1.54, 1.807) is 5.23 Å². The Bertz CT molecular complexity index is 601. The number of hydrogen-bond donors (Lipinski definition) is 0. The van der Waals surface area contributed by atoms with Gasteiger partial charge in [0.15, 0.2) is 0 Å². The Morgan fingerprint density at radius 2 is 1.67 bits per heavy atom. The molecule has 0 bridgehead atoms. The van der Waals surface area contributed by atoms with Gasteiger partial charge < -0.3 is 0 Å². The first-order valence-corrected chi connectivity index (χ1v) is 7.59. The minimum atomic E-state index is -0.153. The van der Waals surface area contributed by atoms with Crippen molar-refractivity contribution in [2.75, 3.05) is 6.61 Å². The van der Waals surface area contributed by atoms with Gasteiger partial charge >= 0.3 is 0 Å². The maximum atomic E-state index is 6.12. The van der Waals surface area contributed by atoms with Crippen LogP contribution in [0.1, 0.15) is 36.5 Å². The zero-order valence-corrected chi connectivity index (χ0v) is 11.9. The van der Waals surface area contributed by atoms with Crippen molar-refractivity contribution >= 4 is 0 Å². The standard InChI is InChI=1S/C18H19NO2/c1-3-8-15(9-4-1)17-14-18(16-10-5-2-6-11-16)12-7-13-20-19(18)21-17/h1-6,8-11,17H,7,12-14H2/t17-,18+/m0/s1. The van der Waals surface area contributed by atoms with Crippen molar-refractivity contribution in [2.24, 2.45) is 0 Å². The van der Waals surface area contributed by atoms with Crippen LogP contribution in [0.3, 0.4) is 0 Å². The van der Waals surface area contributed by atoms with E-state index in [2.05, 4.69) is 54.6 Å². The second-order valence-corrected chi connectivity index (χ2v) is 5.80. The van der Waals surface area contributed by atoms with Gasteiger partial charge in [-0.15, -0.1) is 0 Å². The van der Waals surface area contributed by atoms with E-state index in [1.165, 1.54) is 11.1 Å². The number of benzene rings is 2. The SMILES string of the molecule is c1ccc([C@@H]2C[C@@]3(c4ccccc4)CCCON3O2)cc1. The molecule has 2 fully saturated rings. The topological polar surface area (TPSA) is 21.7 Å². The summed E-state index contributed by atoms with van der Waals surface area (Å²) >= 11 is 0. The lowest BCUT2D eigenvalue weighted by atomic mass is 9.80. The van der Waals surface area contributed by atoms with Gasteiger partial charge in [0.2, 0.25) is 0 Å². The van der Waals surface area contributed by atoms with Crippen molar-refractivity contribution in [3.8, 4) is 0 Å². The van der Waals surface area contributed by atoms with Crippen LogP contribution in [0.25, 0.3) is 0 Å². The first-order valence-electron chi connectivity index (χ1n) is 7.59. The first kappa shape index (κ1) is 13.0. The Morgan fingerprint density at radius 1 is 0.952 bits per heavy atom. The molecule has 2 aromatic carbocycles. The predicted molar refractivity (Wildman–Crippen MR) is 80.0 cm³/mol. The lowest BCUT2D eigenvalue weighted by molar-refractivity contribution is -0.409. The second kappa shape index (κ2) is 5.26. The molecule has 2 aromatic rings. The van der Waals surface area contributed by atoms with Crippen molar-refractivity contribution in [3.63, 3.8) is 0 Å². The van der Waals surface area contributed by atoms with E-state index in [1.807, 2.05) is 6.07 Å². The maximum absolute atomic E-state index is 6.12.